The normalized spacial score (nSPS) is 17.1. The van der Waals surface area contributed by atoms with Crippen LogP contribution in [-0.4, -0.2) is 50.3 Å². The van der Waals surface area contributed by atoms with Gasteiger partial charge in [-0.15, -0.1) is 0 Å². The van der Waals surface area contributed by atoms with Crippen LogP contribution in [0.4, 0.5) is 5.69 Å². The van der Waals surface area contributed by atoms with Gasteiger partial charge in [-0.2, -0.15) is 0 Å². The van der Waals surface area contributed by atoms with Crippen molar-refractivity contribution in [3.63, 3.8) is 0 Å². The number of nitrogens with one attached hydrogen (secondary N) is 1. The number of benzene rings is 2. The van der Waals surface area contributed by atoms with E-state index in [1.807, 2.05) is 18.2 Å². The van der Waals surface area contributed by atoms with Gasteiger partial charge in [-0.25, -0.2) is 0 Å². The van der Waals surface area contributed by atoms with Crippen LogP contribution in [0.1, 0.15) is 30.4 Å². The number of ether oxygens (including phenoxy) is 2. The fourth-order valence-electron chi connectivity index (χ4n) is 4.38. The Balaban J connectivity index is 1.42. The van der Waals surface area contributed by atoms with Crippen LogP contribution in [0.2, 0.25) is 10.0 Å². The van der Waals surface area contributed by atoms with Gasteiger partial charge in [0.05, 0.1) is 50.0 Å². The van der Waals surface area contributed by atoms with E-state index in [4.69, 9.17) is 32.7 Å². The zero-order valence-electron chi connectivity index (χ0n) is 18.5. The van der Waals surface area contributed by atoms with E-state index in [0.717, 1.165) is 48.3 Å². The standard InChI is InChI=1S/C25H28Cl2N2O3/c1-29(2,21-8-10-31-11-9-21)16-17-3-5-20(6-4-17)28-25(30)18-7-12-32-24-15-23(27)22(26)14-19(24)13-18/h3-6,13-15,21H,7-12,16H2,1-2H3/p+1. The molecule has 2 heterocycles. The predicted molar refractivity (Wildman–Crippen MR) is 129 cm³/mol. The third-order valence-corrected chi connectivity index (χ3v) is 7.01. The molecule has 0 aromatic heterocycles. The van der Waals surface area contributed by atoms with E-state index in [9.17, 15) is 4.79 Å². The number of carbonyl (C=O) groups excluding carboxylic acids is 1. The van der Waals surface area contributed by atoms with Crippen LogP contribution in [0.25, 0.3) is 6.08 Å². The summed E-state index contributed by atoms with van der Waals surface area (Å²) in [5.74, 6) is 0.496. The van der Waals surface area contributed by atoms with E-state index in [1.165, 1.54) is 5.56 Å². The molecule has 2 aliphatic rings. The quantitative estimate of drug-likeness (QED) is 0.576. The summed E-state index contributed by atoms with van der Waals surface area (Å²) in [6.07, 6.45) is 4.52. The molecule has 0 atom stereocenters. The molecule has 5 nitrogen and oxygen atoms in total. The van der Waals surface area contributed by atoms with Crippen molar-refractivity contribution in [1.82, 2.24) is 0 Å². The molecule has 1 amide bonds. The van der Waals surface area contributed by atoms with E-state index >= 15 is 0 Å². The largest absolute Gasteiger partial charge is 0.493 e. The average Bonchev–Trinajstić information content (AvgIpc) is 2.98. The Morgan fingerprint density at radius 1 is 1.06 bits per heavy atom. The SMILES string of the molecule is C[N+](C)(Cc1ccc(NC(=O)C2=Cc3cc(Cl)c(Cl)cc3OCC2)cc1)C1CCOCC1. The summed E-state index contributed by atoms with van der Waals surface area (Å²) in [4.78, 5) is 12.9. The van der Waals surface area contributed by atoms with E-state index in [2.05, 4.69) is 31.5 Å². The predicted octanol–water partition coefficient (Wildman–Crippen LogP) is 5.55. The maximum atomic E-state index is 12.9. The first-order valence-electron chi connectivity index (χ1n) is 10.9. The zero-order chi connectivity index (χ0) is 22.7. The summed E-state index contributed by atoms with van der Waals surface area (Å²) in [6.45, 7) is 3.05. The number of hydrogen-bond acceptors (Lipinski definition) is 3. The number of fused-ring (bicyclic) bond motifs is 1. The van der Waals surface area contributed by atoms with Crippen molar-refractivity contribution in [3.05, 3.63) is 63.1 Å². The second-order valence-electron chi connectivity index (χ2n) is 9.00. The van der Waals surface area contributed by atoms with E-state index < -0.39 is 0 Å². The Morgan fingerprint density at radius 3 is 2.47 bits per heavy atom. The minimum absolute atomic E-state index is 0.140. The van der Waals surface area contributed by atoms with Crippen molar-refractivity contribution in [2.45, 2.75) is 31.8 Å². The number of anilines is 1. The fourth-order valence-corrected chi connectivity index (χ4v) is 4.71. The van der Waals surface area contributed by atoms with Crippen LogP contribution in [0.3, 0.4) is 0 Å². The highest BCUT2D eigenvalue weighted by molar-refractivity contribution is 6.42. The Labute approximate surface area is 199 Å². The lowest BCUT2D eigenvalue weighted by molar-refractivity contribution is -0.929. The summed E-state index contributed by atoms with van der Waals surface area (Å²) in [6, 6.07) is 12.2. The maximum Gasteiger partial charge on any atom is 0.251 e. The Morgan fingerprint density at radius 2 is 1.75 bits per heavy atom. The van der Waals surface area contributed by atoms with Crippen molar-refractivity contribution in [2.24, 2.45) is 0 Å². The number of amides is 1. The highest BCUT2D eigenvalue weighted by Crippen LogP contribution is 2.34. The summed E-state index contributed by atoms with van der Waals surface area (Å²) in [7, 11) is 4.56. The number of halogens is 2. The van der Waals surface area contributed by atoms with Crippen molar-refractivity contribution in [3.8, 4) is 5.75 Å². The van der Waals surface area contributed by atoms with E-state index in [0.29, 0.717) is 40.4 Å². The molecular weight excluding hydrogens is 447 g/mol. The van der Waals surface area contributed by atoms with Gasteiger partial charge in [-0.1, -0.05) is 35.3 Å². The van der Waals surface area contributed by atoms with E-state index in [1.54, 1.807) is 12.1 Å². The topological polar surface area (TPSA) is 47.6 Å². The lowest BCUT2D eigenvalue weighted by Gasteiger charge is -2.40. The third-order valence-electron chi connectivity index (χ3n) is 6.28. The molecule has 1 fully saturated rings. The molecule has 0 unspecified atom stereocenters. The highest BCUT2D eigenvalue weighted by Gasteiger charge is 2.30. The van der Waals surface area contributed by atoms with Gasteiger partial charge in [-0.3, -0.25) is 4.79 Å². The lowest BCUT2D eigenvalue weighted by Crippen LogP contribution is -2.50. The van der Waals surface area contributed by atoms with E-state index in [-0.39, 0.29) is 5.91 Å². The van der Waals surface area contributed by atoms with Crippen LogP contribution in [0, 0.1) is 0 Å². The molecule has 2 aromatic carbocycles. The molecule has 32 heavy (non-hydrogen) atoms. The smallest absolute Gasteiger partial charge is 0.251 e. The molecule has 2 aliphatic heterocycles. The summed E-state index contributed by atoms with van der Waals surface area (Å²) in [5, 5.41) is 3.88. The molecule has 1 saturated heterocycles. The maximum absolute atomic E-state index is 12.9. The molecule has 7 heteroatoms. The molecule has 0 aliphatic carbocycles. The molecule has 0 saturated carbocycles. The van der Waals surface area contributed by atoms with Crippen LogP contribution >= 0.6 is 23.2 Å². The Hall–Kier alpha value is -2.05. The number of carbonyl (C=O) groups is 1. The molecule has 2 aromatic rings. The van der Waals surface area contributed by atoms with Crippen molar-refractivity contribution in [1.29, 1.82) is 0 Å². The molecule has 0 bridgehead atoms. The first-order valence-corrected chi connectivity index (χ1v) is 11.7. The monoisotopic (exact) mass is 475 g/mol. The van der Waals surface area contributed by atoms with Crippen LogP contribution in [0.5, 0.6) is 5.75 Å². The van der Waals surface area contributed by atoms with Crippen molar-refractivity contribution >= 4 is 40.9 Å². The van der Waals surface area contributed by atoms with Gasteiger partial charge < -0.3 is 19.3 Å². The number of hydrogen-bond donors (Lipinski definition) is 1. The van der Waals surface area contributed by atoms with Crippen LogP contribution in [-0.2, 0) is 16.1 Å². The molecule has 1 N–H and O–H groups in total. The summed E-state index contributed by atoms with van der Waals surface area (Å²) < 4.78 is 12.2. The number of nitrogens with zero attached hydrogens (tertiary/aromatic N) is 1. The van der Waals surface area contributed by atoms with Crippen molar-refractivity contribution in [2.75, 3.05) is 39.2 Å². The van der Waals surface area contributed by atoms with Gasteiger partial charge >= 0.3 is 0 Å². The van der Waals surface area contributed by atoms with Crippen LogP contribution < -0.4 is 10.1 Å². The van der Waals surface area contributed by atoms with Gasteiger partial charge in [0.25, 0.3) is 5.91 Å². The third kappa shape index (κ3) is 5.46. The average molecular weight is 476 g/mol. The Kier molecular flexibility index (Phi) is 7.11. The Bertz CT molecular complexity index is 1010. The first-order chi connectivity index (χ1) is 15.3. The minimum atomic E-state index is -0.140. The van der Waals surface area contributed by atoms with Gasteiger partial charge in [0.1, 0.15) is 12.3 Å². The molecule has 4 rings (SSSR count). The molecule has 170 valence electrons. The second-order valence-corrected chi connectivity index (χ2v) is 9.82. The molecule has 0 spiro atoms. The zero-order valence-corrected chi connectivity index (χ0v) is 20.0. The molecular formula is C25H29Cl2N2O3+. The molecule has 0 radical (unpaired) electrons. The number of rotatable bonds is 5. The van der Waals surface area contributed by atoms with Gasteiger partial charge in [0, 0.05) is 47.7 Å². The second kappa shape index (κ2) is 9.84. The van der Waals surface area contributed by atoms with Crippen LogP contribution in [0.15, 0.2) is 42.0 Å². The lowest BCUT2D eigenvalue weighted by atomic mass is 10.0. The van der Waals surface area contributed by atoms with Gasteiger partial charge in [0.2, 0.25) is 0 Å². The highest BCUT2D eigenvalue weighted by atomic mass is 35.5. The van der Waals surface area contributed by atoms with Gasteiger partial charge in [-0.05, 0) is 24.3 Å². The fraction of sp³-hybridized carbons (Fsp3) is 0.400. The van der Waals surface area contributed by atoms with Crippen molar-refractivity contribution < 1.29 is 18.8 Å². The number of quaternary nitrogens is 1. The summed E-state index contributed by atoms with van der Waals surface area (Å²) >= 11 is 12.2. The van der Waals surface area contributed by atoms with Gasteiger partial charge in [0.15, 0.2) is 0 Å². The minimum Gasteiger partial charge on any atom is -0.493 e. The summed E-state index contributed by atoms with van der Waals surface area (Å²) in [5.41, 5.74) is 3.42. The first kappa shape index (κ1) is 23.1.